The molecule has 4 heteroatoms. The summed E-state index contributed by atoms with van der Waals surface area (Å²) in [6.45, 7) is 9.30. The van der Waals surface area contributed by atoms with Crippen molar-refractivity contribution < 1.29 is 14.3 Å². The van der Waals surface area contributed by atoms with Crippen molar-refractivity contribution in [3.63, 3.8) is 0 Å². The van der Waals surface area contributed by atoms with Crippen molar-refractivity contribution in [2.45, 2.75) is 77.9 Å². The third kappa shape index (κ3) is 3.95. The molecular formula is C15H27NO3. The van der Waals surface area contributed by atoms with Gasteiger partial charge in [-0.25, -0.2) is 4.79 Å². The van der Waals surface area contributed by atoms with Crippen LogP contribution in [0.5, 0.6) is 0 Å². The van der Waals surface area contributed by atoms with Crippen LogP contribution in [0.2, 0.25) is 0 Å². The second-order valence-electron chi connectivity index (χ2n) is 7.11. The topological polar surface area (TPSA) is 55.4 Å². The Morgan fingerprint density at radius 1 is 1.11 bits per heavy atom. The lowest BCUT2D eigenvalue weighted by atomic mass is 9.65. The van der Waals surface area contributed by atoms with Crippen molar-refractivity contribution >= 4 is 12.4 Å². The summed E-state index contributed by atoms with van der Waals surface area (Å²) in [4.78, 5) is 23.5. The third-order valence-corrected chi connectivity index (χ3v) is 3.98. The molecule has 0 aromatic carbocycles. The summed E-state index contributed by atoms with van der Waals surface area (Å²) in [5.74, 6) is 0. The number of hydrogen-bond acceptors (Lipinski definition) is 3. The van der Waals surface area contributed by atoms with Crippen molar-refractivity contribution in [2.75, 3.05) is 0 Å². The first-order valence-corrected chi connectivity index (χ1v) is 7.09. The van der Waals surface area contributed by atoms with E-state index in [0.717, 1.165) is 38.4 Å². The minimum absolute atomic E-state index is 0.427. The monoisotopic (exact) mass is 269 g/mol. The van der Waals surface area contributed by atoms with Gasteiger partial charge in [0.1, 0.15) is 11.9 Å². The fraction of sp³-hybridized carbons (Fsp3) is 0.867. The third-order valence-electron chi connectivity index (χ3n) is 3.98. The zero-order chi connectivity index (χ0) is 14.7. The second kappa shape index (κ2) is 5.51. The lowest BCUT2D eigenvalue weighted by Crippen LogP contribution is -2.60. The molecule has 0 aromatic heterocycles. The first kappa shape index (κ1) is 16.0. The highest BCUT2D eigenvalue weighted by atomic mass is 16.6. The van der Waals surface area contributed by atoms with E-state index in [0.29, 0.717) is 0 Å². The van der Waals surface area contributed by atoms with E-state index < -0.39 is 22.6 Å². The van der Waals surface area contributed by atoms with E-state index in [1.165, 1.54) is 0 Å². The number of hydrogen-bond donors (Lipinski definition) is 1. The van der Waals surface area contributed by atoms with Gasteiger partial charge in [0.15, 0.2) is 0 Å². The maximum atomic E-state index is 12.0. The Labute approximate surface area is 116 Å². The number of ether oxygens (including phenoxy) is 1. The molecule has 0 aliphatic heterocycles. The van der Waals surface area contributed by atoms with Crippen LogP contribution >= 0.6 is 0 Å². The summed E-state index contributed by atoms with van der Waals surface area (Å²) in [6, 6.07) is 0. The predicted octanol–water partition coefficient (Wildman–Crippen LogP) is 3.44. The number of rotatable bonds is 3. The van der Waals surface area contributed by atoms with Gasteiger partial charge in [-0.1, -0.05) is 33.1 Å². The summed E-state index contributed by atoms with van der Waals surface area (Å²) in [5.41, 5.74) is -1.58. The largest absolute Gasteiger partial charge is 0.444 e. The molecule has 0 aromatic rings. The highest BCUT2D eigenvalue weighted by Gasteiger charge is 2.47. The highest BCUT2D eigenvalue weighted by Crippen LogP contribution is 2.41. The number of carbonyl (C=O) groups is 2. The van der Waals surface area contributed by atoms with Crippen molar-refractivity contribution in [3.05, 3.63) is 0 Å². The maximum absolute atomic E-state index is 12.0. The van der Waals surface area contributed by atoms with Crippen LogP contribution in [0.25, 0.3) is 0 Å². The number of nitrogens with one attached hydrogen (secondary N) is 1. The number of carbonyl (C=O) groups excluding carboxylic acids is 2. The van der Waals surface area contributed by atoms with Crippen molar-refractivity contribution in [2.24, 2.45) is 5.41 Å². The fourth-order valence-corrected chi connectivity index (χ4v) is 2.70. The normalized spacial score (nSPS) is 19.6. The van der Waals surface area contributed by atoms with Crippen LogP contribution in [0.15, 0.2) is 0 Å². The first-order chi connectivity index (χ1) is 8.62. The molecule has 0 heterocycles. The van der Waals surface area contributed by atoms with Gasteiger partial charge in [-0.2, -0.15) is 0 Å². The molecule has 4 nitrogen and oxygen atoms in total. The zero-order valence-corrected chi connectivity index (χ0v) is 12.8. The van der Waals surface area contributed by atoms with Crippen LogP contribution in [0.3, 0.4) is 0 Å². The molecule has 1 aliphatic carbocycles. The Bertz CT molecular complexity index is 336. The molecule has 0 saturated heterocycles. The molecule has 0 unspecified atom stereocenters. The van der Waals surface area contributed by atoms with E-state index in [1.807, 2.05) is 34.6 Å². The summed E-state index contributed by atoms with van der Waals surface area (Å²) < 4.78 is 5.34. The Kier molecular flexibility index (Phi) is 4.64. The molecule has 0 radical (unpaired) electrons. The van der Waals surface area contributed by atoms with Crippen molar-refractivity contribution in [3.8, 4) is 0 Å². The van der Waals surface area contributed by atoms with E-state index in [9.17, 15) is 9.59 Å². The molecule has 0 bridgehead atoms. The van der Waals surface area contributed by atoms with Crippen LogP contribution in [-0.4, -0.2) is 23.5 Å². The molecule has 1 fully saturated rings. The molecule has 1 rings (SSSR count). The minimum Gasteiger partial charge on any atom is -0.444 e. The fourth-order valence-electron chi connectivity index (χ4n) is 2.70. The van der Waals surface area contributed by atoms with Gasteiger partial charge < -0.3 is 14.8 Å². The van der Waals surface area contributed by atoms with E-state index in [2.05, 4.69) is 5.32 Å². The van der Waals surface area contributed by atoms with Crippen LogP contribution in [0, 0.1) is 5.41 Å². The molecule has 19 heavy (non-hydrogen) atoms. The Morgan fingerprint density at radius 3 is 2.05 bits per heavy atom. The van der Waals surface area contributed by atoms with Gasteiger partial charge in [-0.3, -0.25) is 0 Å². The smallest absolute Gasteiger partial charge is 0.408 e. The van der Waals surface area contributed by atoms with E-state index in [-0.39, 0.29) is 0 Å². The molecule has 110 valence electrons. The Balaban J connectivity index is 2.87. The summed E-state index contributed by atoms with van der Waals surface area (Å²) >= 11 is 0. The Hall–Kier alpha value is -1.06. The number of alkyl carbamates (subject to hydrolysis) is 1. The van der Waals surface area contributed by atoms with Crippen LogP contribution in [0.1, 0.15) is 66.7 Å². The van der Waals surface area contributed by atoms with Gasteiger partial charge >= 0.3 is 6.09 Å². The lowest BCUT2D eigenvalue weighted by Gasteiger charge is -2.46. The summed E-state index contributed by atoms with van der Waals surface area (Å²) in [7, 11) is 0. The molecule has 0 spiro atoms. The summed E-state index contributed by atoms with van der Waals surface area (Å²) in [6.07, 6.45) is 5.42. The average Bonchev–Trinajstić information content (AvgIpc) is 2.27. The minimum atomic E-state index is -0.579. The van der Waals surface area contributed by atoms with Crippen LogP contribution < -0.4 is 5.32 Å². The van der Waals surface area contributed by atoms with Gasteiger partial charge in [-0.15, -0.1) is 0 Å². The molecule has 1 saturated carbocycles. The van der Waals surface area contributed by atoms with Gasteiger partial charge in [0, 0.05) is 5.41 Å². The first-order valence-electron chi connectivity index (χ1n) is 7.09. The second-order valence-corrected chi connectivity index (χ2v) is 7.11. The van der Waals surface area contributed by atoms with Crippen molar-refractivity contribution in [1.29, 1.82) is 0 Å². The summed E-state index contributed by atoms with van der Waals surface area (Å²) in [5, 5.41) is 2.99. The van der Waals surface area contributed by atoms with Gasteiger partial charge in [0.25, 0.3) is 0 Å². The van der Waals surface area contributed by atoms with E-state index >= 15 is 0 Å². The highest BCUT2D eigenvalue weighted by molar-refractivity contribution is 5.71. The van der Waals surface area contributed by atoms with E-state index in [1.54, 1.807) is 0 Å². The van der Waals surface area contributed by atoms with Crippen LogP contribution in [0.4, 0.5) is 4.79 Å². The Morgan fingerprint density at radius 2 is 1.63 bits per heavy atom. The molecule has 1 N–H and O–H groups in total. The van der Waals surface area contributed by atoms with Crippen LogP contribution in [-0.2, 0) is 9.53 Å². The van der Waals surface area contributed by atoms with Gasteiger partial charge in [0.05, 0.1) is 5.54 Å². The predicted molar refractivity (Wildman–Crippen MR) is 75.0 cm³/mol. The van der Waals surface area contributed by atoms with E-state index in [4.69, 9.17) is 4.74 Å². The number of aldehydes is 1. The average molecular weight is 269 g/mol. The molecule has 1 amide bonds. The molecule has 1 aliphatic rings. The van der Waals surface area contributed by atoms with Crippen molar-refractivity contribution in [1.82, 2.24) is 5.32 Å². The van der Waals surface area contributed by atoms with Gasteiger partial charge in [-0.05, 0) is 33.6 Å². The van der Waals surface area contributed by atoms with Gasteiger partial charge in [0.2, 0.25) is 0 Å². The maximum Gasteiger partial charge on any atom is 0.408 e. The zero-order valence-electron chi connectivity index (χ0n) is 12.8. The lowest BCUT2D eigenvalue weighted by molar-refractivity contribution is -0.119. The number of amides is 1. The molecular weight excluding hydrogens is 242 g/mol. The standard InChI is InChI=1S/C15H27NO3/c1-13(2,3)19-12(18)16-15(14(4,5)11-17)9-7-6-8-10-15/h11H,6-10H2,1-5H3,(H,16,18). The SMILES string of the molecule is CC(C)(C)OC(=O)NC1(C(C)(C)C=O)CCCCC1. The quantitative estimate of drug-likeness (QED) is 0.798. The molecule has 0 atom stereocenters.